The highest BCUT2D eigenvalue weighted by Crippen LogP contribution is 2.26. The van der Waals surface area contributed by atoms with Crippen LogP contribution in [0.4, 0.5) is 20.2 Å². The lowest BCUT2D eigenvalue weighted by molar-refractivity contribution is 0.578. The SMILES string of the molecule is CN(Cc1ccc(Cl)cc1)c1c(F)cc(N)cc1F. The van der Waals surface area contributed by atoms with E-state index in [0.29, 0.717) is 11.6 Å². The second-order valence-electron chi connectivity index (χ2n) is 4.32. The molecule has 0 amide bonds. The van der Waals surface area contributed by atoms with Gasteiger partial charge in [0.1, 0.15) is 5.69 Å². The molecule has 0 saturated heterocycles. The molecule has 2 aromatic carbocycles. The normalized spacial score (nSPS) is 10.5. The van der Waals surface area contributed by atoms with Crippen LogP contribution in [0.25, 0.3) is 0 Å². The molecule has 0 aliphatic heterocycles. The molecule has 0 unspecified atom stereocenters. The maximum atomic E-state index is 13.7. The second kappa shape index (κ2) is 5.45. The van der Waals surface area contributed by atoms with Crippen LogP contribution < -0.4 is 10.6 Å². The van der Waals surface area contributed by atoms with E-state index in [0.717, 1.165) is 17.7 Å². The number of anilines is 2. The van der Waals surface area contributed by atoms with Crippen LogP contribution in [-0.4, -0.2) is 7.05 Å². The Bertz CT molecular complexity index is 561. The number of hydrogen-bond donors (Lipinski definition) is 1. The van der Waals surface area contributed by atoms with Crippen LogP contribution in [0.5, 0.6) is 0 Å². The third kappa shape index (κ3) is 3.15. The van der Waals surface area contributed by atoms with Crippen molar-refractivity contribution in [3.63, 3.8) is 0 Å². The van der Waals surface area contributed by atoms with Crippen LogP contribution in [0.2, 0.25) is 5.02 Å². The summed E-state index contributed by atoms with van der Waals surface area (Å²) in [5.41, 5.74) is 6.26. The van der Waals surface area contributed by atoms with E-state index < -0.39 is 11.6 Å². The quantitative estimate of drug-likeness (QED) is 0.867. The predicted molar refractivity (Wildman–Crippen MR) is 74.3 cm³/mol. The van der Waals surface area contributed by atoms with Gasteiger partial charge in [-0.25, -0.2) is 8.78 Å². The number of halogens is 3. The Morgan fingerprint density at radius 3 is 2.16 bits per heavy atom. The van der Waals surface area contributed by atoms with E-state index in [1.54, 1.807) is 19.2 Å². The lowest BCUT2D eigenvalue weighted by Crippen LogP contribution is -2.19. The highest BCUT2D eigenvalue weighted by atomic mass is 35.5. The van der Waals surface area contributed by atoms with Crippen molar-refractivity contribution in [1.29, 1.82) is 0 Å². The summed E-state index contributed by atoms with van der Waals surface area (Å²) >= 11 is 5.79. The van der Waals surface area contributed by atoms with Gasteiger partial charge >= 0.3 is 0 Å². The van der Waals surface area contributed by atoms with Gasteiger partial charge < -0.3 is 10.6 Å². The van der Waals surface area contributed by atoms with Crippen molar-refractivity contribution in [2.24, 2.45) is 0 Å². The molecule has 19 heavy (non-hydrogen) atoms. The summed E-state index contributed by atoms with van der Waals surface area (Å²) in [6, 6.07) is 9.31. The maximum absolute atomic E-state index is 13.7. The van der Waals surface area contributed by atoms with Crippen molar-refractivity contribution in [1.82, 2.24) is 0 Å². The molecule has 0 spiro atoms. The molecule has 2 aromatic rings. The molecule has 0 saturated carbocycles. The van der Waals surface area contributed by atoms with Crippen LogP contribution in [0.3, 0.4) is 0 Å². The van der Waals surface area contributed by atoms with Crippen LogP contribution in [0.1, 0.15) is 5.56 Å². The second-order valence-corrected chi connectivity index (χ2v) is 4.75. The molecule has 2 rings (SSSR count). The van der Waals surface area contributed by atoms with Crippen LogP contribution in [-0.2, 0) is 6.54 Å². The largest absolute Gasteiger partial charge is 0.399 e. The highest BCUT2D eigenvalue weighted by molar-refractivity contribution is 6.30. The lowest BCUT2D eigenvalue weighted by atomic mass is 10.2. The lowest BCUT2D eigenvalue weighted by Gasteiger charge is -2.21. The number of nitrogens with zero attached hydrogens (tertiary/aromatic N) is 1. The van der Waals surface area contributed by atoms with Gasteiger partial charge in [0.15, 0.2) is 11.6 Å². The van der Waals surface area contributed by atoms with Crippen LogP contribution >= 0.6 is 11.6 Å². The van der Waals surface area contributed by atoms with Crippen LogP contribution in [0.15, 0.2) is 36.4 Å². The number of benzene rings is 2. The van der Waals surface area contributed by atoms with E-state index in [1.807, 2.05) is 12.1 Å². The monoisotopic (exact) mass is 282 g/mol. The Kier molecular flexibility index (Phi) is 3.90. The zero-order valence-electron chi connectivity index (χ0n) is 10.3. The van der Waals surface area contributed by atoms with Gasteiger partial charge in [0.2, 0.25) is 0 Å². The molecule has 0 bridgehead atoms. The first-order chi connectivity index (χ1) is 8.97. The van der Waals surface area contributed by atoms with Gasteiger partial charge in [-0.3, -0.25) is 0 Å². The van der Waals surface area contributed by atoms with Crippen molar-refractivity contribution in [3.05, 3.63) is 58.6 Å². The summed E-state index contributed by atoms with van der Waals surface area (Å²) in [4.78, 5) is 1.49. The van der Waals surface area contributed by atoms with E-state index in [2.05, 4.69) is 0 Å². The zero-order chi connectivity index (χ0) is 14.0. The van der Waals surface area contributed by atoms with Gasteiger partial charge in [-0.05, 0) is 29.8 Å². The molecule has 0 atom stereocenters. The first-order valence-corrected chi connectivity index (χ1v) is 6.05. The molecule has 2 N–H and O–H groups in total. The van der Waals surface area contributed by atoms with Crippen molar-refractivity contribution >= 4 is 23.0 Å². The van der Waals surface area contributed by atoms with Gasteiger partial charge in [0.25, 0.3) is 0 Å². The standard InChI is InChI=1S/C14H13ClF2N2/c1-19(8-9-2-4-10(15)5-3-9)14-12(16)6-11(18)7-13(14)17/h2-7H,8,18H2,1H3. The van der Waals surface area contributed by atoms with Crippen LogP contribution in [0, 0.1) is 11.6 Å². The summed E-state index contributed by atoms with van der Waals surface area (Å²) < 4.78 is 27.5. The Hall–Kier alpha value is -1.81. The molecule has 5 heteroatoms. The van der Waals surface area contributed by atoms with E-state index in [-0.39, 0.29) is 11.4 Å². The molecule has 100 valence electrons. The van der Waals surface area contributed by atoms with E-state index >= 15 is 0 Å². The minimum Gasteiger partial charge on any atom is -0.399 e. The number of nitrogen functional groups attached to an aromatic ring is 1. The van der Waals surface area contributed by atoms with E-state index in [1.165, 1.54) is 4.90 Å². The Labute approximate surface area is 115 Å². The summed E-state index contributed by atoms with van der Waals surface area (Å²) in [5, 5.41) is 0.622. The fourth-order valence-electron chi connectivity index (χ4n) is 1.89. The van der Waals surface area contributed by atoms with Crippen molar-refractivity contribution < 1.29 is 8.78 Å². The molecular formula is C14H13ClF2N2. The average Bonchev–Trinajstić information content (AvgIpc) is 2.30. The van der Waals surface area contributed by atoms with E-state index in [4.69, 9.17) is 17.3 Å². The van der Waals surface area contributed by atoms with E-state index in [9.17, 15) is 8.78 Å². The number of rotatable bonds is 3. The van der Waals surface area contributed by atoms with Gasteiger partial charge in [0, 0.05) is 24.3 Å². The summed E-state index contributed by atoms with van der Waals surface area (Å²) in [6.07, 6.45) is 0. The molecule has 0 aliphatic carbocycles. The Morgan fingerprint density at radius 2 is 1.63 bits per heavy atom. The highest BCUT2D eigenvalue weighted by Gasteiger charge is 2.14. The smallest absolute Gasteiger partial charge is 0.151 e. The molecule has 2 nitrogen and oxygen atoms in total. The minimum atomic E-state index is -0.672. The fourth-order valence-corrected chi connectivity index (χ4v) is 2.02. The Balaban J connectivity index is 2.25. The summed E-state index contributed by atoms with van der Waals surface area (Å²) in [7, 11) is 1.62. The molecule has 0 aliphatic rings. The fraction of sp³-hybridized carbons (Fsp3) is 0.143. The van der Waals surface area contributed by atoms with Crippen molar-refractivity contribution in [3.8, 4) is 0 Å². The number of nitrogens with two attached hydrogens (primary N) is 1. The average molecular weight is 283 g/mol. The maximum Gasteiger partial charge on any atom is 0.151 e. The molecule has 0 aromatic heterocycles. The Morgan fingerprint density at radius 1 is 1.11 bits per heavy atom. The third-order valence-corrected chi connectivity index (χ3v) is 3.01. The third-order valence-electron chi connectivity index (χ3n) is 2.75. The summed E-state index contributed by atoms with van der Waals surface area (Å²) in [5.74, 6) is -1.34. The molecule has 0 radical (unpaired) electrons. The first-order valence-electron chi connectivity index (χ1n) is 5.67. The summed E-state index contributed by atoms with van der Waals surface area (Å²) in [6.45, 7) is 0.370. The van der Waals surface area contributed by atoms with Crippen molar-refractivity contribution in [2.75, 3.05) is 17.7 Å². The predicted octanol–water partition coefficient (Wildman–Crippen LogP) is 3.84. The topological polar surface area (TPSA) is 29.3 Å². The van der Waals surface area contributed by atoms with Gasteiger partial charge in [-0.1, -0.05) is 23.7 Å². The minimum absolute atomic E-state index is 0.0682. The van der Waals surface area contributed by atoms with Gasteiger partial charge in [0.05, 0.1) is 0 Å². The van der Waals surface area contributed by atoms with Gasteiger partial charge in [-0.2, -0.15) is 0 Å². The van der Waals surface area contributed by atoms with Gasteiger partial charge in [-0.15, -0.1) is 0 Å². The molecule has 0 heterocycles. The molecular weight excluding hydrogens is 270 g/mol. The first kappa shape index (κ1) is 13.6. The van der Waals surface area contributed by atoms with Crippen molar-refractivity contribution in [2.45, 2.75) is 6.54 Å². The number of hydrogen-bond acceptors (Lipinski definition) is 2. The zero-order valence-corrected chi connectivity index (χ0v) is 11.1. The molecule has 0 fully saturated rings.